The molecule has 1 atom stereocenters. The molecule has 0 spiro atoms. The van der Waals surface area contributed by atoms with Crippen LogP contribution in [0.2, 0.25) is 0 Å². The first-order valence-corrected chi connectivity index (χ1v) is 8.63. The molecule has 0 radical (unpaired) electrons. The predicted molar refractivity (Wildman–Crippen MR) is 92.8 cm³/mol. The second kappa shape index (κ2) is 8.34. The van der Waals surface area contributed by atoms with E-state index in [-0.39, 0.29) is 18.6 Å². The molecule has 6 heteroatoms. The van der Waals surface area contributed by atoms with E-state index in [0.29, 0.717) is 25.9 Å². The van der Waals surface area contributed by atoms with Gasteiger partial charge in [-0.05, 0) is 45.1 Å². The number of amides is 1. The molecule has 138 valence electrons. The van der Waals surface area contributed by atoms with Gasteiger partial charge in [0, 0.05) is 13.1 Å². The van der Waals surface area contributed by atoms with Gasteiger partial charge in [-0.15, -0.1) is 0 Å². The highest BCUT2D eigenvalue weighted by atomic mass is 16.6. The molecule has 6 nitrogen and oxygen atoms in total. The molecule has 1 heterocycles. The minimum absolute atomic E-state index is 0.201. The summed E-state index contributed by atoms with van der Waals surface area (Å²) in [6.07, 6.45) is -0.433. The summed E-state index contributed by atoms with van der Waals surface area (Å²) >= 11 is 0. The lowest BCUT2D eigenvalue weighted by Gasteiger charge is -2.33. The molecule has 0 bridgehead atoms. The van der Waals surface area contributed by atoms with Crippen LogP contribution in [-0.2, 0) is 20.9 Å². The zero-order valence-electron chi connectivity index (χ0n) is 15.1. The van der Waals surface area contributed by atoms with Crippen molar-refractivity contribution >= 4 is 12.1 Å². The zero-order valence-corrected chi connectivity index (χ0v) is 15.1. The lowest BCUT2D eigenvalue weighted by atomic mass is 9.91. The molecule has 1 unspecified atom stereocenters. The molecule has 0 aliphatic carbocycles. The van der Waals surface area contributed by atoms with Crippen LogP contribution in [0, 0.1) is 5.92 Å². The van der Waals surface area contributed by atoms with Gasteiger partial charge in [0.1, 0.15) is 12.2 Å². The molecule has 0 saturated carbocycles. The van der Waals surface area contributed by atoms with Gasteiger partial charge in [0.2, 0.25) is 0 Å². The number of hydrogen-bond acceptors (Lipinski definition) is 5. The monoisotopic (exact) mass is 349 g/mol. The molecule has 2 rings (SSSR count). The smallest absolute Gasteiger partial charge is 0.410 e. The minimum Gasteiger partial charge on any atom is -0.458 e. The molecule has 25 heavy (non-hydrogen) atoms. The van der Waals surface area contributed by atoms with Crippen molar-refractivity contribution in [1.82, 2.24) is 4.90 Å². The fourth-order valence-electron chi connectivity index (χ4n) is 2.76. The second-order valence-corrected chi connectivity index (χ2v) is 7.34. The van der Waals surface area contributed by atoms with E-state index in [9.17, 15) is 14.7 Å². The Bertz CT molecular complexity index is 573. The Morgan fingerprint density at radius 3 is 2.36 bits per heavy atom. The van der Waals surface area contributed by atoms with Gasteiger partial charge in [0.15, 0.2) is 6.10 Å². The molecule has 1 aromatic carbocycles. The molecule has 1 amide bonds. The summed E-state index contributed by atoms with van der Waals surface area (Å²) in [7, 11) is 0. The Morgan fingerprint density at radius 1 is 1.20 bits per heavy atom. The fraction of sp³-hybridized carbons (Fsp3) is 0.579. The lowest BCUT2D eigenvalue weighted by molar-refractivity contribution is -0.169. The fourth-order valence-corrected chi connectivity index (χ4v) is 2.76. The van der Waals surface area contributed by atoms with E-state index in [1.165, 1.54) is 0 Å². The molecule has 1 aliphatic heterocycles. The SMILES string of the molecule is CC(C)(C)OC(=O)C(O)C1CCN(C(=O)OCc2ccccc2)CC1. The lowest BCUT2D eigenvalue weighted by Crippen LogP contribution is -2.44. The van der Waals surface area contributed by atoms with Crippen LogP contribution in [0.3, 0.4) is 0 Å². The highest BCUT2D eigenvalue weighted by Gasteiger charge is 2.34. The number of likely N-dealkylation sites (tertiary alicyclic amines) is 1. The van der Waals surface area contributed by atoms with Gasteiger partial charge in [0.25, 0.3) is 0 Å². The largest absolute Gasteiger partial charge is 0.458 e. The molecule has 1 aliphatic rings. The summed E-state index contributed by atoms with van der Waals surface area (Å²) in [5.74, 6) is -0.800. The van der Waals surface area contributed by atoms with Crippen LogP contribution in [0.4, 0.5) is 4.79 Å². The third kappa shape index (κ3) is 6.05. The topological polar surface area (TPSA) is 76.1 Å². The van der Waals surface area contributed by atoms with Crippen LogP contribution >= 0.6 is 0 Å². The summed E-state index contributed by atoms with van der Waals surface area (Å²) in [5.41, 5.74) is 0.311. The van der Waals surface area contributed by atoms with Crippen molar-refractivity contribution in [2.45, 2.75) is 51.9 Å². The number of nitrogens with zero attached hydrogens (tertiary/aromatic N) is 1. The van der Waals surface area contributed by atoms with Gasteiger partial charge < -0.3 is 19.5 Å². The van der Waals surface area contributed by atoms with Crippen LogP contribution in [0.15, 0.2) is 30.3 Å². The molecular weight excluding hydrogens is 322 g/mol. The Hall–Kier alpha value is -2.08. The van der Waals surface area contributed by atoms with Crippen molar-refractivity contribution in [2.75, 3.05) is 13.1 Å². The van der Waals surface area contributed by atoms with Crippen molar-refractivity contribution in [2.24, 2.45) is 5.92 Å². The highest BCUT2D eigenvalue weighted by molar-refractivity contribution is 5.75. The number of ether oxygens (including phenoxy) is 2. The Balaban J connectivity index is 1.76. The van der Waals surface area contributed by atoms with Crippen LogP contribution in [0.5, 0.6) is 0 Å². The van der Waals surface area contributed by atoms with Crippen molar-refractivity contribution in [3.05, 3.63) is 35.9 Å². The molecular formula is C19H27NO5. The Morgan fingerprint density at radius 2 is 1.80 bits per heavy atom. The quantitative estimate of drug-likeness (QED) is 0.846. The normalized spacial score (nSPS) is 17.0. The van der Waals surface area contributed by atoms with Crippen molar-refractivity contribution in [3.8, 4) is 0 Å². The Labute approximate surface area is 148 Å². The minimum atomic E-state index is -1.15. The maximum absolute atomic E-state index is 12.1. The molecule has 1 saturated heterocycles. The van der Waals surface area contributed by atoms with Crippen LogP contribution < -0.4 is 0 Å². The van der Waals surface area contributed by atoms with E-state index in [1.807, 2.05) is 30.3 Å². The first kappa shape index (κ1) is 19.2. The first-order chi connectivity index (χ1) is 11.8. The standard InChI is InChI=1S/C19H27NO5/c1-19(2,3)25-17(22)16(21)15-9-11-20(12-10-15)18(23)24-13-14-7-5-4-6-8-14/h4-8,15-16,21H,9-13H2,1-3H3. The summed E-state index contributed by atoms with van der Waals surface area (Å²) in [4.78, 5) is 25.7. The summed E-state index contributed by atoms with van der Waals surface area (Å²) in [6, 6.07) is 9.50. The third-order valence-electron chi connectivity index (χ3n) is 4.10. The molecule has 1 N–H and O–H groups in total. The first-order valence-electron chi connectivity index (χ1n) is 8.63. The third-order valence-corrected chi connectivity index (χ3v) is 4.10. The van der Waals surface area contributed by atoms with Gasteiger partial charge in [-0.25, -0.2) is 9.59 Å². The van der Waals surface area contributed by atoms with E-state index >= 15 is 0 Å². The average Bonchev–Trinajstić information content (AvgIpc) is 2.58. The number of aliphatic hydroxyl groups is 1. The number of benzene rings is 1. The second-order valence-electron chi connectivity index (χ2n) is 7.34. The summed E-state index contributed by atoms with van der Waals surface area (Å²) in [6.45, 7) is 6.45. The maximum atomic E-state index is 12.1. The summed E-state index contributed by atoms with van der Waals surface area (Å²) < 4.78 is 10.5. The van der Waals surface area contributed by atoms with Crippen LogP contribution in [-0.4, -0.2) is 46.9 Å². The van der Waals surface area contributed by atoms with Crippen molar-refractivity contribution in [3.63, 3.8) is 0 Å². The van der Waals surface area contributed by atoms with Gasteiger partial charge in [-0.3, -0.25) is 0 Å². The number of carbonyl (C=O) groups is 2. The highest BCUT2D eigenvalue weighted by Crippen LogP contribution is 2.23. The zero-order chi connectivity index (χ0) is 18.4. The molecule has 1 fully saturated rings. The van der Waals surface area contributed by atoms with E-state index in [1.54, 1.807) is 25.7 Å². The van der Waals surface area contributed by atoms with Gasteiger partial charge in [-0.2, -0.15) is 0 Å². The van der Waals surface area contributed by atoms with Gasteiger partial charge in [-0.1, -0.05) is 30.3 Å². The number of aliphatic hydroxyl groups excluding tert-OH is 1. The van der Waals surface area contributed by atoms with Gasteiger partial charge in [0.05, 0.1) is 0 Å². The number of rotatable bonds is 4. The van der Waals surface area contributed by atoms with Crippen LogP contribution in [0.25, 0.3) is 0 Å². The molecule has 1 aromatic rings. The van der Waals surface area contributed by atoms with Crippen molar-refractivity contribution in [1.29, 1.82) is 0 Å². The van der Waals surface area contributed by atoms with E-state index < -0.39 is 17.7 Å². The average molecular weight is 349 g/mol. The van der Waals surface area contributed by atoms with Crippen molar-refractivity contribution < 1.29 is 24.2 Å². The molecule has 0 aromatic heterocycles. The van der Waals surface area contributed by atoms with Gasteiger partial charge >= 0.3 is 12.1 Å². The Kier molecular flexibility index (Phi) is 6.42. The van der Waals surface area contributed by atoms with Crippen LogP contribution in [0.1, 0.15) is 39.2 Å². The van der Waals surface area contributed by atoms with E-state index in [0.717, 1.165) is 5.56 Å². The number of hydrogen-bond donors (Lipinski definition) is 1. The predicted octanol–water partition coefficient (Wildman–Crippen LogP) is 2.74. The van der Waals surface area contributed by atoms with E-state index in [2.05, 4.69) is 0 Å². The number of piperidine rings is 1. The number of esters is 1. The number of carbonyl (C=O) groups excluding carboxylic acids is 2. The van der Waals surface area contributed by atoms with E-state index in [4.69, 9.17) is 9.47 Å². The maximum Gasteiger partial charge on any atom is 0.410 e. The summed E-state index contributed by atoms with van der Waals surface area (Å²) in [5, 5.41) is 10.2.